The lowest BCUT2D eigenvalue weighted by Gasteiger charge is -2.14. The second kappa shape index (κ2) is 5.88. The first-order valence-corrected chi connectivity index (χ1v) is 7.05. The molecule has 1 aliphatic rings. The molecule has 0 aromatic rings. The van der Waals surface area contributed by atoms with Gasteiger partial charge in [0.05, 0.1) is 0 Å². The van der Waals surface area contributed by atoms with E-state index in [-0.39, 0.29) is 0 Å². The van der Waals surface area contributed by atoms with E-state index in [1.807, 2.05) is 0 Å². The molecule has 82 valence electrons. The normalized spacial score (nSPS) is 23.4. The molecule has 1 fully saturated rings. The molecule has 1 rings (SSSR count). The highest BCUT2D eigenvalue weighted by Crippen LogP contribution is 2.12. The summed E-state index contributed by atoms with van der Waals surface area (Å²) in [5.41, 5.74) is 0. The van der Waals surface area contributed by atoms with Crippen molar-refractivity contribution >= 4 is 9.84 Å². The van der Waals surface area contributed by atoms with Gasteiger partial charge in [0.15, 0.2) is 0 Å². The third-order valence-electron chi connectivity index (χ3n) is 3.36. The molecule has 2 atom stereocenters. The van der Waals surface area contributed by atoms with E-state index in [1.165, 1.54) is 32.5 Å². The van der Waals surface area contributed by atoms with Crippen LogP contribution in [-0.2, 0) is 0 Å². The van der Waals surface area contributed by atoms with Crippen LogP contribution in [0.25, 0.3) is 0 Å². The maximum atomic E-state index is 2.68. The molecule has 0 aliphatic carbocycles. The summed E-state index contributed by atoms with van der Waals surface area (Å²) in [6.07, 6.45) is 2.61. The van der Waals surface area contributed by atoms with Crippen molar-refractivity contribution in [3.8, 4) is 0 Å². The SMILES string of the molecule is CCC(C)CN1CCN(C(C)CC)[SiH+]1. The van der Waals surface area contributed by atoms with Crippen LogP contribution >= 0.6 is 0 Å². The molecule has 1 heterocycles. The zero-order valence-electron chi connectivity index (χ0n) is 10.2. The number of hydrogen-bond acceptors (Lipinski definition) is 2. The minimum absolute atomic E-state index is 0.434. The van der Waals surface area contributed by atoms with Gasteiger partial charge in [-0.25, -0.2) is 0 Å². The molecule has 0 saturated carbocycles. The Hall–Kier alpha value is 0.137. The van der Waals surface area contributed by atoms with Crippen molar-refractivity contribution in [3.05, 3.63) is 0 Å². The highest BCUT2D eigenvalue weighted by Gasteiger charge is 2.35. The minimum atomic E-state index is 0.434. The van der Waals surface area contributed by atoms with Crippen LogP contribution in [0.5, 0.6) is 0 Å². The average molecular weight is 213 g/mol. The molecule has 3 heteroatoms. The van der Waals surface area contributed by atoms with Gasteiger partial charge in [0.25, 0.3) is 0 Å². The van der Waals surface area contributed by atoms with E-state index in [1.54, 1.807) is 0 Å². The van der Waals surface area contributed by atoms with Crippen molar-refractivity contribution in [2.45, 2.75) is 46.6 Å². The van der Waals surface area contributed by atoms with Crippen LogP contribution in [0, 0.1) is 5.92 Å². The Labute approximate surface area is 91.6 Å². The van der Waals surface area contributed by atoms with E-state index >= 15 is 0 Å². The Balaban J connectivity index is 2.26. The first-order chi connectivity index (χ1) is 6.67. The maximum Gasteiger partial charge on any atom is 0.486 e. The summed E-state index contributed by atoms with van der Waals surface area (Å²) >= 11 is 0. The van der Waals surface area contributed by atoms with Gasteiger partial charge in [0.2, 0.25) is 0 Å². The largest absolute Gasteiger partial charge is 0.486 e. The molecule has 0 N–H and O–H groups in total. The second-order valence-corrected chi connectivity index (χ2v) is 6.24. The van der Waals surface area contributed by atoms with Crippen LogP contribution in [0.1, 0.15) is 40.5 Å². The number of hydrogen-bond donors (Lipinski definition) is 0. The van der Waals surface area contributed by atoms with Crippen LogP contribution in [-0.4, -0.2) is 44.6 Å². The maximum absolute atomic E-state index is 2.68. The van der Waals surface area contributed by atoms with Gasteiger partial charge in [-0.05, 0) is 19.3 Å². The molecule has 1 aliphatic heterocycles. The Morgan fingerprint density at radius 3 is 2.43 bits per heavy atom. The standard InChI is InChI=1S/C11H25N2Si/c1-5-10(3)9-12-7-8-13(14-12)11(4)6-2/h10-11,14H,5-9H2,1-4H3/q+1. The van der Waals surface area contributed by atoms with Crippen molar-refractivity contribution in [2.24, 2.45) is 5.92 Å². The molecular weight excluding hydrogens is 188 g/mol. The molecule has 0 radical (unpaired) electrons. The summed E-state index contributed by atoms with van der Waals surface area (Å²) in [6, 6.07) is 0.798. The predicted octanol–water partition coefficient (Wildman–Crippen LogP) is 1.72. The molecule has 0 spiro atoms. The van der Waals surface area contributed by atoms with Crippen LogP contribution in [0.2, 0.25) is 0 Å². The van der Waals surface area contributed by atoms with Crippen LogP contribution < -0.4 is 0 Å². The van der Waals surface area contributed by atoms with Gasteiger partial charge in [0.1, 0.15) is 0 Å². The van der Waals surface area contributed by atoms with Crippen LogP contribution in [0.3, 0.4) is 0 Å². The monoisotopic (exact) mass is 213 g/mol. The smallest absolute Gasteiger partial charge is 0.164 e. The van der Waals surface area contributed by atoms with Crippen LogP contribution in [0.4, 0.5) is 0 Å². The number of rotatable bonds is 5. The lowest BCUT2D eigenvalue weighted by molar-refractivity contribution is 0.366. The molecule has 0 bridgehead atoms. The Morgan fingerprint density at radius 2 is 1.86 bits per heavy atom. The van der Waals surface area contributed by atoms with Crippen molar-refractivity contribution in [3.63, 3.8) is 0 Å². The van der Waals surface area contributed by atoms with Crippen molar-refractivity contribution in [1.82, 2.24) is 9.13 Å². The van der Waals surface area contributed by atoms with Gasteiger partial charge in [-0.3, -0.25) is 0 Å². The fourth-order valence-electron chi connectivity index (χ4n) is 1.81. The highest BCUT2D eigenvalue weighted by atomic mass is 28.2. The molecule has 2 unspecified atom stereocenters. The van der Waals surface area contributed by atoms with Crippen molar-refractivity contribution < 1.29 is 0 Å². The quantitative estimate of drug-likeness (QED) is 0.642. The van der Waals surface area contributed by atoms with E-state index in [0.717, 1.165) is 12.0 Å². The van der Waals surface area contributed by atoms with Gasteiger partial charge < -0.3 is 0 Å². The van der Waals surface area contributed by atoms with Crippen LogP contribution in [0.15, 0.2) is 0 Å². The second-order valence-electron chi connectivity index (χ2n) is 4.62. The summed E-state index contributed by atoms with van der Waals surface area (Å²) in [5.74, 6) is 0.874. The molecule has 2 nitrogen and oxygen atoms in total. The van der Waals surface area contributed by atoms with Crippen molar-refractivity contribution in [2.75, 3.05) is 19.6 Å². The molecule has 14 heavy (non-hydrogen) atoms. The van der Waals surface area contributed by atoms with E-state index in [2.05, 4.69) is 36.8 Å². The lowest BCUT2D eigenvalue weighted by Crippen LogP contribution is -2.37. The van der Waals surface area contributed by atoms with E-state index in [0.29, 0.717) is 9.84 Å². The summed E-state index contributed by atoms with van der Waals surface area (Å²) < 4.78 is 5.36. The van der Waals surface area contributed by atoms with Gasteiger partial charge in [-0.2, -0.15) is 9.13 Å². The van der Waals surface area contributed by atoms with Gasteiger partial charge in [0, 0.05) is 25.7 Å². The zero-order valence-corrected chi connectivity index (χ0v) is 11.3. The van der Waals surface area contributed by atoms with Crippen molar-refractivity contribution in [1.29, 1.82) is 0 Å². The highest BCUT2D eigenvalue weighted by molar-refractivity contribution is 6.29. The third kappa shape index (κ3) is 3.37. The molecule has 0 amide bonds. The first kappa shape index (κ1) is 12.2. The predicted molar refractivity (Wildman–Crippen MR) is 64.6 cm³/mol. The number of nitrogens with zero attached hydrogens (tertiary/aromatic N) is 2. The average Bonchev–Trinajstić information content (AvgIpc) is 2.65. The van der Waals surface area contributed by atoms with Gasteiger partial charge in [-0.15, -0.1) is 0 Å². The molecule has 0 aromatic heterocycles. The third-order valence-corrected chi connectivity index (χ3v) is 5.22. The molecular formula is C11H25N2Si+. The van der Waals surface area contributed by atoms with E-state index < -0.39 is 0 Å². The molecule has 0 aromatic carbocycles. The zero-order chi connectivity index (χ0) is 10.6. The minimum Gasteiger partial charge on any atom is -0.164 e. The summed E-state index contributed by atoms with van der Waals surface area (Å²) in [7, 11) is 0.434. The fourth-order valence-corrected chi connectivity index (χ4v) is 3.58. The van der Waals surface area contributed by atoms with Gasteiger partial charge in [-0.1, -0.05) is 27.2 Å². The molecule has 1 saturated heterocycles. The Kier molecular flexibility index (Phi) is 5.13. The van der Waals surface area contributed by atoms with E-state index in [4.69, 9.17) is 0 Å². The first-order valence-electron chi connectivity index (χ1n) is 6.02. The Morgan fingerprint density at radius 1 is 1.14 bits per heavy atom. The summed E-state index contributed by atoms with van der Waals surface area (Å²) in [4.78, 5) is 0. The lowest BCUT2D eigenvalue weighted by atomic mass is 10.1. The van der Waals surface area contributed by atoms with E-state index in [9.17, 15) is 0 Å². The summed E-state index contributed by atoms with van der Waals surface area (Å²) in [5, 5.41) is 0. The summed E-state index contributed by atoms with van der Waals surface area (Å²) in [6.45, 7) is 13.2. The Bertz CT molecular complexity index is 163. The van der Waals surface area contributed by atoms with Gasteiger partial charge >= 0.3 is 9.84 Å². The topological polar surface area (TPSA) is 6.48 Å². The fraction of sp³-hybridized carbons (Fsp3) is 1.00.